The number of halogens is 2. The monoisotopic (exact) mass is 490 g/mol. The lowest BCUT2D eigenvalue weighted by molar-refractivity contribution is -0.136. The van der Waals surface area contributed by atoms with Crippen molar-refractivity contribution >= 4 is 45.3 Å². The Morgan fingerprint density at radius 3 is 2.41 bits per heavy atom. The SMILES string of the molecule is O=C(O)Cc1cccc(CN(C/C=C/c2cc(Cl)cc(Cl)c2)S(=O)(=O)c2cccnc2)c1. The van der Waals surface area contributed by atoms with Crippen LogP contribution in [0.15, 0.2) is 78.0 Å². The van der Waals surface area contributed by atoms with Gasteiger partial charge in [-0.05, 0) is 47.0 Å². The van der Waals surface area contributed by atoms with E-state index in [1.165, 1.54) is 22.8 Å². The van der Waals surface area contributed by atoms with E-state index in [4.69, 9.17) is 28.3 Å². The van der Waals surface area contributed by atoms with Crippen molar-refractivity contribution in [3.8, 4) is 0 Å². The minimum Gasteiger partial charge on any atom is -0.481 e. The number of carboxylic acids is 1. The predicted molar refractivity (Wildman–Crippen MR) is 125 cm³/mol. The van der Waals surface area contributed by atoms with Crippen molar-refractivity contribution in [2.24, 2.45) is 0 Å². The Morgan fingerprint density at radius 1 is 1.03 bits per heavy atom. The average Bonchev–Trinajstić information content (AvgIpc) is 2.73. The van der Waals surface area contributed by atoms with Crippen LogP contribution in [0.5, 0.6) is 0 Å². The van der Waals surface area contributed by atoms with E-state index in [-0.39, 0.29) is 24.4 Å². The second-order valence-electron chi connectivity index (χ2n) is 6.98. The number of rotatable bonds is 9. The Bertz CT molecular complexity index is 1210. The Hall–Kier alpha value is -2.71. The standard InChI is InChI=1S/C23H20Cl2N2O4S/c24-20-11-18(12-21(25)14-20)6-3-9-27(32(30,31)22-7-2-8-26-15-22)16-19-5-1-4-17(10-19)13-23(28)29/h1-8,10-12,14-15H,9,13,16H2,(H,28,29)/b6-3+. The summed E-state index contributed by atoms with van der Waals surface area (Å²) >= 11 is 12.1. The highest BCUT2D eigenvalue weighted by Gasteiger charge is 2.24. The molecule has 0 bridgehead atoms. The van der Waals surface area contributed by atoms with Crippen molar-refractivity contribution in [2.75, 3.05) is 6.54 Å². The molecule has 0 aliphatic heterocycles. The van der Waals surface area contributed by atoms with Crippen molar-refractivity contribution in [1.29, 1.82) is 0 Å². The molecule has 9 heteroatoms. The number of aromatic nitrogens is 1. The first-order chi connectivity index (χ1) is 15.2. The van der Waals surface area contributed by atoms with Crippen LogP contribution in [0.2, 0.25) is 10.0 Å². The fraction of sp³-hybridized carbons (Fsp3) is 0.130. The zero-order chi connectivity index (χ0) is 23.1. The van der Waals surface area contributed by atoms with E-state index in [0.29, 0.717) is 21.2 Å². The van der Waals surface area contributed by atoms with Crippen LogP contribution in [-0.2, 0) is 27.8 Å². The molecule has 0 saturated carbocycles. The number of nitrogens with zero attached hydrogens (tertiary/aromatic N) is 2. The summed E-state index contributed by atoms with van der Waals surface area (Å²) in [5.41, 5.74) is 2.01. The van der Waals surface area contributed by atoms with Crippen molar-refractivity contribution in [3.63, 3.8) is 0 Å². The molecule has 0 aliphatic rings. The lowest BCUT2D eigenvalue weighted by Crippen LogP contribution is -2.31. The fourth-order valence-corrected chi connectivity index (χ4v) is 4.98. The van der Waals surface area contributed by atoms with Crippen LogP contribution in [0, 0.1) is 0 Å². The van der Waals surface area contributed by atoms with Gasteiger partial charge in [0, 0.05) is 35.5 Å². The summed E-state index contributed by atoms with van der Waals surface area (Å²) in [6.07, 6.45) is 6.10. The molecule has 3 rings (SSSR count). The second-order valence-corrected chi connectivity index (χ2v) is 9.79. The molecule has 0 unspecified atom stereocenters. The van der Waals surface area contributed by atoms with Gasteiger partial charge in [0.25, 0.3) is 0 Å². The molecule has 1 aromatic heterocycles. The van der Waals surface area contributed by atoms with E-state index < -0.39 is 16.0 Å². The summed E-state index contributed by atoms with van der Waals surface area (Å²) in [5.74, 6) is -0.954. The Balaban J connectivity index is 1.89. The maximum atomic E-state index is 13.3. The third-order valence-electron chi connectivity index (χ3n) is 4.48. The average molecular weight is 491 g/mol. The van der Waals surface area contributed by atoms with Crippen molar-refractivity contribution < 1.29 is 18.3 Å². The van der Waals surface area contributed by atoms with Gasteiger partial charge in [-0.2, -0.15) is 4.31 Å². The summed E-state index contributed by atoms with van der Waals surface area (Å²) in [4.78, 5) is 15.0. The molecule has 0 atom stereocenters. The van der Waals surface area contributed by atoms with Crippen LogP contribution in [-0.4, -0.2) is 35.3 Å². The quantitative estimate of drug-likeness (QED) is 0.459. The number of benzene rings is 2. The summed E-state index contributed by atoms with van der Waals surface area (Å²) in [6, 6.07) is 15.0. The number of hydrogen-bond donors (Lipinski definition) is 1. The first kappa shape index (κ1) is 23.9. The van der Waals surface area contributed by atoms with Crippen LogP contribution in [0.3, 0.4) is 0 Å². The van der Waals surface area contributed by atoms with E-state index in [2.05, 4.69) is 4.98 Å². The molecule has 0 amide bonds. The fourth-order valence-electron chi connectivity index (χ4n) is 3.09. The molecular weight excluding hydrogens is 471 g/mol. The normalized spacial score (nSPS) is 11.8. The molecule has 1 N–H and O–H groups in total. The summed E-state index contributed by atoms with van der Waals surface area (Å²) in [6.45, 7) is 0.135. The maximum Gasteiger partial charge on any atom is 0.307 e. The second kappa shape index (κ2) is 10.7. The number of hydrogen-bond acceptors (Lipinski definition) is 4. The predicted octanol–water partition coefficient (Wildman–Crippen LogP) is 4.92. The number of carbonyl (C=O) groups is 1. The van der Waals surface area contributed by atoms with Crippen LogP contribution >= 0.6 is 23.2 Å². The highest BCUT2D eigenvalue weighted by Crippen LogP contribution is 2.21. The first-order valence-corrected chi connectivity index (χ1v) is 11.8. The molecule has 6 nitrogen and oxygen atoms in total. The van der Waals surface area contributed by atoms with Gasteiger partial charge < -0.3 is 5.11 Å². The van der Waals surface area contributed by atoms with Gasteiger partial charge in [-0.15, -0.1) is 0 Å². The third-order valence-corrected chi connectivity index (χ3v) is 6.71. The molecule has 32 heavy (non-hydrogen) atoms. The van der Waals surface area contributed by atoms with Crippen molar-refractivity contribution in [1.82, 2.24) is 9.29 Å². The molecular formula is C23H20Cl2N2O4S. The van der Waals surface area contributed by atoms with Gasteiger partial charge in [-0.25, -0.2) is 8.42 Å². The largest absolute Gasteiger partial charge is 0.481 e. The molecule has 3 aromatic rings. The van der Waals surface area contributed by atoms with Crippen molar-refractivity contribution in [2.45, 2.75) is 17.9 Å². The molecule has 2 aromatic carbocycles. The molecule has 0 aliphatic carbocycles. The Labute approximate surface area is 196 Å². The molecule has 0 fully saturated rings. The van der Waals surface area contributed by atoms with Crippen LogP contribution in [0.4, 0.5) is 0 Å². The zero-order valence-corrected chi connectivity index (χ0v) is 19.2. The van der Waals surface area contributed by atoms with Gasteiger partial charge in [0.1, 0.15) is 4.90 Å². The summed E-state index contributed by atoms with van der Waals surface area (Å²) in [5, 5.41) is 10.00. The minimum atomic E-state index is -3.85. The summed E-state index contributed by atoms with van der Waals surface area (Å²) in [7, 11) is -3.85. The van der Waals surface area contributed by atoms with E-state index in [1.807, 2.05) is 0 Å². The topological polar surface area (TPSA) is 87.6 Å². The molecule has 0 saturated heterocycles. The Morgan fingerprint density at radius 2 is 1.75 bits per heavy atom. The van der Waals surface area contributed by atoms with Crippen molar-refractivity contribution in [3.05, 3.63) is 99.8 Å². The van der Waals surface area contributed by atoms with Crippen LogP contribution in [0.25, 0.3) is 6.08 Å². The van der Waals surface area contributed by atoms with E-state index >= 15 is 0 Å². The highest BCUT2D eigenvalue weighted by atomic mass is 35.5. The van der Waals surface area contributed by atoms with Gasteiger partial charge in [-0.3, -0.25) is 9.78 Å². The number of aliphatic carboxylic acids is 1. The van der Waals surface area contributed by atoms with Crippen LogP contribution < -0.4 is 0 Å². The maximum absolute atomic E-state index is 13.3. The minimum absolute atomic E-state index is 0.0608. The molecule has 0 spiro atoms. The summed E-state index contributed by atoms with van der Waals surface area (Å²) < 4.78 is 27.8. The highest BCUT2D eigenvalue weighted by molar-refractivity contribution is 7.89. The first-order valence-electron chi connectivity index (χ1n) is 9.56. The van der Waals surface area contributed by atoms with E-state index in [1.54, 1.807) is 60.7 Å². The van der Waals surface area contributed by atoms with Gasteiger partial charge in [0.15, 0.2) is 0 Å². The zero-order valence-electron chi connectivity index (χ0n) is 16.9. The smallest absolute Gasteiger partial charge is 0.307 e. The lowest BCUT2D eigenvalue weighted by Gasteiger charge is -2.21. The Kier molecular flexibility index (Phi) is 8.04. The van der Waals surface area contributed by atoms with Gasteiger partial charge in [-0.1, -0.05) is 59.6 Å². The third kappa shape index (κ3) is 6.64. The number of pyridine rings is 1. The number of sulfonamides is 1. The molecule has 1 heterocycles. The molecule has 166 valence electrons. The van der Waals surface area contributed by atoms with Gasteiger partial charge in [0.05, 0.1) is 6.42 Å². The number of carboxylic acid groups (broad SMARTS) is 1. The van der Waals surface area contributed by atoms with Crippen LogP contribution in [0.1, 0.15) is 16.7 Å². The van der Waals surface area contributed by atoms with E-state index in [0.717, 1.165) is 5.56 Å². The van der Waals surface area contributed by atoms with E-state index in [9.17, 15) is 13.2 Å². The molecule has 0 radical (unpaired) electrons. The van der Waals surface area contributed by atoms with Gasteiger partial charge >= 0.3 is 5.97 Å². The lowest BCUT2D eigenvalue weighted by atomic mass is 10.1. The van der Waals surface area contributed by atoms with Gasteiger partial charge in [0.2, 0.25) is 10.0 Å².